The molecule has 74 valence electrons. The summed E-state index contributed by atoms with van der Waals surface area (Å²) < 4.78 is 10.3. The summed E-state index contributed by atoms with van der Waals surface area (Å²) in [6.45, 7) is 3.91. The van der Waals surface area contributed by atoms with Crippen molar-refractivity contribution in [3.05, 3.63) is 36.4 Å². The van der Waals surface area contributed by atoms with Gasteiger partial charge < -0.3 is 9.26 Å². The summed E-state index contributed by atoms with van der Waals surface area (Å²) in [5.41, 5.74) is 0.551. The lowest BCUT2D eigenvalue weighted by Gasteiger charge is -2.08. The van der Waals surface area contributed by atoms with Crippen molar-refractivity contribution in [2.45, 2.75) is 0 Å². The van der Waals surface area contributed by atoms with E-state index in [1.807, 2.05) is 0 Å². The van der Waals surface area contributed by atoms with E-state index in [2.05, 4.69) is 16.0 Å². The molecular weight excluding hydrogens is 199 g/mol. The van der Waals surface area contributed by atoms with Crippen molar-refractivity contribution in [2.24, 2.45) is 0 Å². The van der Waals surface area contributed by atoms with E-state index in [0.717, 1.165) is 6.29 Å². The SMILES string of the molecule is C=CCOc1cc(C=O)ccc1OP. The predicted molar refractivity (Wildman–Crippen MR) is 57.9 cm³/mol. The van der Waals surface area contributed by atoms with Crippen LogP contribution in [0.5, 0.6) is 11.5 Å². The average Bonchev–Trinajstić information content (AvgIpc) is 2.25. The molecule has 0 fully saturated rings. The molecule has 0 aliphatic heterocycles. The van der Waals surface area contributed by atoms with Crippen LogP contribution < -0.4 is 9.26 Å². The molecule has 0 spiro atoms. The van der Waals surface area contributed by atoms with E-state index in [4.69, 9.17) is 9.26 Å². The van der Waals surface area contributed by atoms with E-state index in [-0.39, 0.29) is 0 Å². The van der Waals surface area contributed by atoms with Gasteiger partial charge in [-0.3, -0.25) is 4.79 Å². The molecule has 4 heteroatoms. The summed E-state index contributed by atoms with van der Waals surface area (Å²) in [7, 11) is 2.13. The van der Waals surface area contributed by atoms with Crippen LogP contribution in [0, 0.1) is 0 Å². The standard InChI is InChI=1S/C10H11O3P/c1-2-5-12-10-6-8(7-11)3-4-9(10)13-14/h2-4,6-7H,1,5,14H2. The summed E-state index contributed by atoms with van der Waals surface area (Å²) >= 11 is 0. The molecule has 0 heterocycles. The minimum Gasteiger partial charge on any atom is -0.486 e. The number of rotatable bonds is 5. The van der Waals surface area contributed by atoms with Crippen LogP contribution in [0.4, 0.5) is 0 Å². The highest BCUT2D eigenvalue weighted by Crippen LogP contribution is 2.29. The highest BCUT2D eigenvalue weighted by atomic mass is 31.0. The predicted octanol–water partition coefficient (Wildman–Crippen LogP) is 2.23. The van der Waals surface area contributed by atoms with Crippen molar-refractivity contribution in [2.75, 3.05) is 6.61 Å². The van der Waals surface area contributed by atoms with Gasteiger partial charge in [0.2, 0.25) is 0 Å². The zero-order chi connectivity index (χ0) is 10.4. The van der Waals surface area contributed by atoms with E-state index >= 15 is 0 Å². The molecule has 14 heavy (non-hydrogen) atoms. The van der Waals surface area contributed by atoms with Gasteiger partial charge in [0.15, 0.2) is 11.5 Å². The Hall–Kier alpha value is -1.34. The van der Waals surface area contributed by atoms with E-state index in [0.29, 0.717) is 23.7 Å². The Morgan fingerprint density at radius 1 is 1.43 bits per heavy atom. The van der Waals surface area contributed by atoms with Crippen LogP contribution in [-0.4, -0.2) is 12.9 Å². The first-order valence-corrected chi connectivity index (χ1v) is 4.48. The van der Waals surface area contributed by atoms with Gasteiger partial charge in [0.25, 0.3) is 0 Å². The van der Waals surface area contributed by atoms with Gasteiger partial charge in [0.1, 0.15) is 12.9 Å². The molecule has 0 bridgehead atoms. The van der Waals surface area contributed by atoms with Crippen LogP contribution in [0.15, 0.2) is 30.9 Å². The Balaban J connectivity index is 2.95. The second kappa shape index (κ2) is 5.40. The van der Waals surface area contributed by atoms with Crippen LogP contribution in [0.3, 0.4) is 0 Å². The molecule has 0 amide bonds. The molecule has 0 saturated carbocycles. The second-order valence-electron chi connectivity index (χ2n) is 2.54. The Bertz CT molecular complexity index is 336. The largest absolute Gasteiger partial charge is 0.486 e. The molecule has 0 aliphatic carbocycles. The van der Waals surface area contributed by atoms with E-state index in [1.54, 1.807) is 24.3 Å². The molecule has 0 aliphatic rings. The van der Waals surface area contributed by atoms with E-state index < -0.39 is 0 Å². The quantitative estimate of drug-likeness (QED) is 0.424. The van der Waals surface area contributed by atoms with Gasteiger partial charge in [0.05, 0.1) is 9.47 Å². The van der Waals surface area contributed by atoms with Crippen LogP contribution >= 0.6 is 9.47 Å². The van der Waals surface area contributed by atoms with Crippen molar-refractivity contribution in [3.8, 4) is 11.5 Å². The van der Waals surface area contributed by atoms with Gasteiger partial charge in [-0.2, -0.15) is 0 Å². The monoisotopic (exact) mass is 210 g/mol. The van der Waals surface area contributed by atoms with Crippen LogP contribution in [-0.2, 0) is 0 Å². The molecule has 0 N–H and O–H groups in total. The summed E-state index contributed by atoms with van der Waals surface area (Å²) in [6.07, 6.45) is 2.38. The maximum atomic E-state index is 10.5. The molecule has 0 saturated heterocycles. The van der Waals surface area contributed by atoms with Crippen LogP contribution in [0.2, 0.25) is 0 Å². The number of carbonyl (C=O) groups is 1. The minimum atomic E-state index is 0.378. The molecule has 1 atom stereocenters. The number of benzene rings is 1. The first-order valence-electron chi connectivity index (χ1n) is 4.01. The summed E-state index contributed by atoms with van der Waals surface area (Å²) in [5, 5.41) is 0. The highest BCUT2D eigenvalue weighted by molar-refractivity contribution is 7.10. The molecule has 1 aromatic carbocycles. The molecule has 0 radical (unpaired) electrons. The molecule has 0 aromatic heterocycles. The number of hydrogen-bond donors (Lipinski definition) is 0. The van der Waals surface area contributed by atoms with Gasteiger partial charge in [0, 0.05) is 5.56 Å². The number of carbonyl (C=O) groups excluding carboxylic acids is 1. The van der Waals surface area contributed by atoms with Crippen molar-refractivity contribution in [1.82, 2.24) is 0 Å². The maximum Gasteiger partial charge on any atom is 0.164 e. The van der Waals surface area contributed by atoms with E-state index in [9.17, 15) is 4.79 Å². The lowest BCUT2D eigenvalue weighted by molar-refractivity contribution is 0.112. The summed E-state index contributed by atoms with van der Waals surface area (Å²) in [6, 6.07) is 4.96. The highest BCUT2D eigenvalue weighted by Gasteiger charge is 2.04. The van der Waals surface area contributed by atoms with Gasteiger partial charge in [-0.25, -0.2) is 0 Å². The third-order valence-corrected chi connectivity index (χ3v) is 1.84. The lowest BCUT2D eigenvalue weighted by atomic mass is 10.2. The Kier molecular flexibility index (Phi) is 4.14. The first kappa shape index (κ1) is 10.7. The summed E-state index contributed by atoms with van der Waals surface area (Å²) in [4.78, 5) is 10.5. The second-order valence-corrected chi connectivity index (χ2v) is 2.78. The zero-order valence-corrected chi connectivity index (χ0v) is 8.76. The van der Waals surface area contributed by atoms with Gasteiger partial charge in [-0.1, -0.05) is 12.7 Å². The Morgan fingerprint density at radius 3 is 2.79 bits per heavy atom. The van der Waals surface area contributed by atoms with Crippen molar-refractivity contribution in [1.29, 1.82) is 0 Å². The van der Waals surface area contributed by atoms with Crippen molar-refractivity contribution < 1.29 is 14.1 Å². The van der Waals surface area contributed by atoms with Gasteiger partial charge in [-0.15, -0.1) is 0 Å². The fourth-order valence-electron chi connectivity index (χ4n) is 0.957. The smallest absolute Gasteiger partial charge is 0.164 e. The third-order valence-electron chi connectivity index (χ3n) is 1.59. The van der Waals surface area contributed by atoms with Crippen molar-refractivity contribution in [3.63, 3.8) is 0 Å². The Morgan fingerprint density at radius 2 is 2.21 bits per heavy atom. The molecule has 1 aromatic rings. The molecule has 1 rings (SSSR count). The minimum absolute atomic E-state index is 0.378. The fraction of sp³-hybridized carbons (Fsp3) is 0.100. The number of aldehydes is 1. The maximum absolute atomic E-state index is 10.5. The van der Waals surface area contributed by atoms with E-state index in [1.165, 1.54) is 0 Å². The molecule has 3 nitrogen and oxygen atoms in total. The van der Waals surface area contributed by atoms with Crippen molar-refractivity contribution >= 4 is 15.8 Å². The topological polar surface area (TPSA) is 35.5 Å². The molecular formula is C10H11O3P. The number of ether oxygens (including phenoxy) is 1. The Labute approximate surface area is 85.0 Å². The van der Waals surface area contributed by atoms with Gasteiger partial charge >= 0.3 is 0 Å². The molecule has 1 unspecified atom stereocenters. The summed E-state index contributed by atoms with van der Waals surface area (Å²) in [5.74, 6) is 1.10. The third kappa shape index (κ3) is 2.57. The normalized spacial score (nSPS) is 9.21. The number of hydrogen-bond acceptors (Lipinski definition) is 3. The fourth-order valence-corrected chi connectivity index (χ4v) is 1.15. The first-order chi connectivity index (χ1) is 6.81. The average molecular weight is 210 g/mol. The van der Waals surface area contributed by atoms with Gasteiger partial charge in [-0.05, 0) is 18.2 Å². The van der Waals surface area contributed by atoms with Crippen LogP contribution in [0.25, 0.3) is 0 Å². The lowest BCUT2D eigenvalue weighted by Crippen LogP contribution is -1.95. The zero-order valence-electron chi connectivity index (χ0n) is 7.60. The van der Waals surface area contributed by atoms with Crippen LogP contribution in [0.1, 0.15) is 10.4 Å².